The van der Waals surface area contributed by atoms with E-state index in [0.29, 0.717) is 19.7 Å². The molecule has 3 N–H and O–H groups in total. The van der Waals surface area contributed by atoms with Crippen molar-refractivity contribution in [3.63, 3.8) is 0 Å². The summed E-state index contributed by atoms with van der Waals surface area (Å²) in [5.41, 5.74) is 3.07. The minimum absolute atomic E-state index is 0. The highest BCUT2D eigenvalue weighted by molar-refractivity contribution is 14.0. The molecule has 3 rings (SSSR count). The number of aromatic nitrogens is 1. The van der Waals surface area contributed by atoms with E-state index in [2.05, 4.69) is 20.5 Å². The normalized spacial score (nSPS) is 11.5. The lowest BCUT2D eigenvalue weighted by Gasteiger charge is -2.14. The number of benzene rings is 2. The molecule has 0 aliphatic carbocycles. The van der Waals surface area contributed by atoms with Crippen LogP contribution in [0.5, 0.6) is 5.75 Å². The van der Waals surface area contributed by atoms with Crippen LogP contribution in [0.1, 0.15) is 18.1 Å². The fraction of sp³-hybridized carbons (Fsp3) is 0.375. The summed E-state index contributed by atoms with van der Waals surface area (Å²) in [7, 11) is 4.06. The lowest BCUT2D eigenvalue weighted by Crippen LogP contribution is -2.38. The molecule has 0 radical (unpaired) electrons. The largest absolute Gasteiger partial charge is 0.492 e. The van der Waals surface area contributed by atoms with Crippen molar-refractivity contribution in [1.82, 2.24) is 20.5 Å². The molecule has 1 heterocycles. The van der Waals surface area contributed by atoms with Crippen molar-refractivity contribution in [3.8, 4) is 5.75 Å². The second-order valence-corrected chi connectivity index (χ2v) is 7.64. The van der Waals surface area contributed by atoms with E-state index >= 15 is 0 Å². The maximum absolute atomic E-state index is 13.6. The molecule has 0 fully saturated rings. The Morgan fingerprint density at radius 2 is 1.94 bits per heavy atom. The number of aromatic amines is 1. The summed E-state index contributed by atoms with van der Waals surface area (Å²) in [6.45, 7) is 5.52. The van der Waals surface area contributed by atoms with Gasteiger partial charge in [-0.15, -0.1) is 24.0 Å². The monoisotopic (exact) mass is 553 g/mol. The summed E-state index contributed by atoms with van der Waals surface area (Å²) in [5.74, 6) is 1.39. The highest BCUT2D eigenvalue weighted by Crippen LogP contribution is 2.20. The third-order valence-electron chi connectivity index (χ3n) is 4.94. The molecular weight excluding hydrogens is 520 g/mol. The number of hydrogen-bond acceptors (Lipinski definition) is 3. The van der Waals surface area contributed by atoms with Gasteiger partial charge in [-0.2, -0.15) is 0 Å². The molecule has 0 bridgehead atoms. The van der Waals surface area contributed by atoms with Crippen LogP contribution in [0.25, 0.3) is 10.9 Å². The van der Waals surface area contributed by atoms with Crippen molar-refractivity contribution in [2.24, 2.45) is 4.99 Å². The number of aliphatic imine (C=N–C) groups is 1. The van der Waals surface area contributed by atoms with Gasteiger partial charge in [-0.25, -0.2) is 9.38 Å². The molecule has 0 amide bonds. The molecule has 0 saturated carbocycles. The van der Waals surface area contributed by atoms with E-state index in [1.807, 2.05) is 51.5 Å². The van der Waals surface area contributed by atoms with Crippen LogP contribution in [0.2, 0.25) is 0 Å². The first-order chi connectivity index (χ1) is 15.1. The van der Waals surface area contributed by atoms with Gasteiger partial charge in [0.1, 0.15) is 18.2 Å². The predicted molar refractivity (Wildman–Crippen MR) is 141 cm³/mol. The number of ether oxygens (including phenoxy) is 1. The molecule has 32 heavy (non-hydrogen) atoms. The van der Waals surface area contributed by atoms with Gasteiger partial charge in [0, 0.05) is 42.3 Å². The van der Waals surface area contributed by atoms with Crippen molar-refractivity contribution in [2.45, 2.75) is 19.9 Å². The number of para-hydroxylation sites is 1. The maximum Gasteiger partial charge on any atom is 0.191 e. The Kier molecular flexibility index (Phi) is 10.8. The van der Waals surface area contributed by atoms with Crippen LogP contribution in [0.3, 0.4) is 0 Å². The quantitative estimate of drug-likeness (QED) is 0.201. The summed E-state index contributed by atoms with van der Waals surface area (Å²) < 4.78 is 19.5. The minimum atomic E-state index is -0.220. The topological polar surface area (TPSA) is 64.7 Å². The molecule has 3 aromatic rings. The van der Waals surface area contributed by atoms with Gasteiger partial charge in [-0.3, -0.25) is 0 Å². The number of guanidine groups is 1. The average molecular weight is 553 g/mol. The Morgan fingerprint density at radius 3 is 2.72 bits per heavy atom. The van der Waals surface area contributed by atoms with Crippen molar-refractivity contribution in [2.75, 3.05) is 40.3 Å². The number of rotatable bonds is 10. The van der Waals surface area contributed by atoms with Gasteiger partial charge in [-0.1, -0.05) is 18.2 Å². The smallest absolute Gasteiger partial charge is 0.191 e. The SMILES string of the molecule is CCNC(=NCc1ccccc1OCCN(C)C)NCCc1c[nH]c2ccc(F)cc12.I. The zero-order chi connectivity index (χ0) is 22.1. The number of nitrogens with zero attached hydrogens (tertiary/aromatic N) is 2. The third-order valence-corrected chi connectivity index (χ3v) is 4.94. The Balaban J connectivity index is 0.00000363. The maximum atomic E-state index is 13.6. The molecule has 8 heteroatoms. The fourth-order valence-corrected chi connectivity index (χ4v) is 3.29. The second kappa shape index (κ2) is 13.3. The van der Waals surface area contributed by atoms with E-state index in [1.165, 1.54) is 6.07 Å². The van der Waals surface area contributed by atoms with E-state index in [0.717, 1.165) is 53.2 Å². The number of H-pyrrole nitrogens is 1. The van der Waals surface area contributed by atoms with Crippen LogP contribution in [0, 0.1) is 5.82 Å². The molecule has 2 aromatic carbocycles. The molecular formula is C24H33FIN5O. The number of nitrogens with one attached hydrogen (secondary N) is 3. The highest BCUT2D eigenvalue weighted by Gasteiger charge is 2.07. The molecule has 174 valence electrons. The predicted octanol–water partition coefficient (Wildman–Crippen LogP) is 4.16. The van der Waals surface area contributed by atoms with E-state index < -0.39 is 0 Å². The summed E-state index contributed by atoms with van der Waals surface area (Å²) in [6.07, 6.45) is 2.70. The first kappa shape index (κ1) is 25.9. The van der Waals surface area contributed by atoms with Gasteiger partial charge < -0.3 is 25.3 Å². The van der Waals surface area contributed by atoms with Crippen molar-refractivity contribution >= 4 is 40.8 Å². The summed E-state index contributed by atoms with van der Waals surface area (Å²) in [5, 5.41) is 7.57. The van der Waals surface area contributed by atoms with Crippen molar-refractivity contribution < 1.29 is 9.13 Å². The Bertz CT molecular complexity index is 1000. The van der Waals surface area contributed by atoms with E-state index in [-0.39, 0.29) is 29.8 Å². The van der Waals surface area contributed by atoms with Crippen LogP contribution in [-0.4, -0.2) is 56.2 Å². The summed E-state index contributed by atoms with van der Waals surface area (Å²) >= 11 is 0. The molecule has 0 spiro atoms. The standard InChI is InChI=1S/C24H32FN5O.HI/c1-4-26-24(27-12-11-18-16-28-22-10-9-20(25)15-21(18)22)29-17-19-7-5-6-8-23(19)31-14-13-30(2)3;/h5-10,15-16,28H,4,11-14,17H2,1-3H3,(H2,26,27,29);1H. The van der Waals surface area contributed by atoms with Gasteiger partial charge in [0.25, 0.3) is 0 Å². The number of hydrogen-bond donors (Lipinski definition) is 3. The molecule has 0 atom stereocenters. The summed E-state index contributed by atoms with van der Waals surface area (Å²) in [4.78, 5) is 10.0. The van der Waals surface area contributed by atoms with Gasteiger partial charge in [0.15, 0.2) is 5.96 Å². The first-order valence-electron chi connectivity index (χ1n) is 10.7. The molecule has 1 aromatic heterocycles. The van der Waals surface area contributed by atoms with Gasteiger partial charge in [-0.05, 0) is 57.3 Å². The van der Waals surface area contributed by atoms with Crippen LogP contribution >= 0.6 is 24.0 Å². The van der Waals surface area contributed by atoms with Crippen LogP contribution in [-0.2, 0) is 13.0 Å². The van der Waals surface area contributed by atoms with Crippen molar-refractivity contribution in [3.05, 3.63) is 65.6 Å². The second-order valence-electron chi connectivity index (χ2n) is 7.64. The lowest BCUT2D eigenvalue weighted by molar-refractivity contribution is 0.259. The zero-order valence-electron chi connectivity index (χ0n) is 19.0. The molecule has 6 nitrogen and oxygen atoms in total. The van der Waals surface area contributed by atoms with Gasteiger partial charge in [0.05, 0.1) is 6.54 Å². The van der Waals surface area contributed by atoms with Gasteiger partial charge in [0.2, 0.25) is 0 Å². The number of fused-ring (bicyclic) bond motifs is 1. The molecule has 0 unspecified atom stereocenters. The third kappa shape index (κ3) is 7.67. The van der Waals surface area contributed by atoms with E-state index in [1.54, 1.807) is 12.1 Å². The average Bonchev–Trinajstić information content (AvgIpc) is 3.14. The highest BCUT2D eigenvalue weighted by atomic mass is 127. The minimum Gasteiger partial charge on any atom is -0.492 e. The lowest BCUT2D eigenvalue weighted by atomic mass is 10.1. The Hall–Kier alpha value is -2.33. The molecule has 0 aliphatic heterocycles. The van der Waals surface area contributed by atoms with Crippen LogP contribution in [0.4, 0.5) is 4.39 Å². The number of likely N-dealkylation sites (N-methyl/N-ethyl adjacent to an activating group) is 1. The Morgan fingerprint density at radius 1 is 1.12 bits per heavy atom. The first-order valence-corrected chi connectivity index (χ1v) is 10.7. The van der Waals surface area contributed by atoms with E-state index in [4.69, 9.17) is 9.73 Å². The van der Waals surface area contributed by atoms with Crippen LogP contribution < -0.4 is 15.4 Å². The Labute approximate surface area is 206 Å². The molecule has 0 aliphatic rings. The summed E-state index contributed by atoms with van der Waals surface area (Å²) in [6, 6.07) is 12.8. The molecule has 0 saturated heterocycles. The van der Waals surface area contributed by atoms with Crippen LogP contribution in [0.15, 0.2) is 53.7 Å². The van der Waals surface area contributed by atoms with Gasteiger partial charge >= 0.3 is 0 Å². The van der Waals surface area contributed by atoms with E-state index in [9.17, 15) is 4.39 Å². The zero-order valence-corrected chi connectivity index (χ0v) is 21.3. The number of halogens is 2. The fourth-order valence-electron chi connectivity index (χ4n) is 3.29. The van der Waals surface area contributed by atoms with Crippen molar-refractivity contribution in [1.29, 1.82) is 0 Å².